The summed E-state index contributed by atoms with van der Waals surface area (Å²) in [5, 5.41) is 60.0. The third-order valence-electron chi connectivity index (χ3n) is 6.43. The summed E-state index contributed by atoms with van der Waals surface area (Å²) in [4.78, 5) is 12.9. The molecule has 11 heteroatoms. The number of carbonyl (C=O) groups is 1. The normalized spacial score (nSPS) is 42.6. The lowest BCUT2D eigenvalue weighted by atomic mass is 9.73. The minimum absolute atomic E-state index is 0.275. The zero-order chi connectivity index (χ0) is 23.8. The maximum atomic E-state index is 12.9. The van der Waals surface area contributed by atoms with E-state index < -0.39 is 73.3 Å². The van der Waals surface area contributed by atoms with E-state index >= 15 is 0 Å². The van der Waals surface area contributed by atoms with Gasteiger partial charge in [0.25, 0.3) is 0 Å². The van der Waals surface area contributed by atoms with Crippen LogP contribution in [0.5, 0.6) is 0 Å². The van der Waals surface area contributed by atoms with Gasteiger partial charge in [0.05, 0.1) is 13.2 Å². The van der Waals surface area contributed by atoms with Gasteiger partial charge in [-0.3, -0.25) is 0 Å². The summed E-state index contributed by atoms with van der Waals surface area (Å²) in [6.45, 7) is 5.02. The molecular weight excluding hydrogens is 428 g/mol. The SMILES string of the molecule is CC1=C(C(=O)O[C@@H]2O[C@H](CO[C@@H]3OC[C@H](O)[C@H](O)[C@@H]3O)[C@@H](O)[C@H](O)[C@H]2O)C(C)(C)CCC1. The Labute approximate surface area is 186 Å². The molecular formula is C21H34O11. The molecule has 0 bridgehead atoms. The fourth-order valence-corrected chi connectivity index (χ4v) is 4.51. The molecule has 2 fully saturated rings. The lowest BCUT2D eigenvalue weighted by Gasteiger charge is -2.41. The van der Waals surface area contributed by atoms with E-state index in [1.165, 1.54) is 0 Å². The monoisotopic (exact) mass is 462 g/mol. The van der Waals surface area contributed by atoms with Crippen LogP contribution in [0.4, 0.5) is 0 Å². The van der Waals surface area contributed by atoms with E-state index in [9.17, 15) is 35.4 Å². The van der Waals surface area contributed by atoms with E-state index in [0.29, 0.717) is 5.57 Å². The van der Waals surface area contributed by atoms with Crippen LogP contribution < -0.4 is 0 Å². The predicted molar refractivity (Wildman–Crippen MR) is 107 cm³/mol. The number of esters is 1. The van der Waals surface area contributed by atoms with Crippen molar-refractivity contribution in [1.29, 1.82) is 0 Å². The molecule has 0 aromatic rings. The molecule has 2 heterocycles. The van der Waals surface area contributed by atoms with Crippen LogP contribution in [0.2, 0.25) is 0 Å². The highest BCUT2D eigenvalue weighted by Crippen LogP contribution is 2.41. The third kappa shape index (κ3) is 5.16. The van der Waals surface area contributed by atoms with Crippen molar-refractivity contribution in [2.75, 3.05) is 13.2 Å². The summed E-state index contributed by atoms with van der Waals surface area (Å²) in [6, 6.07) is 0. The van der Waals surface area contributed by atoms with Gasteiger partial charge in [0.1, 0.15) is 42.7 Å². The Balaban J connectivity index is 1.66. The number of ether oxygens (including phenoxy) is 4. The van der Waals surface area contributed by atoms with Gasteiger partial charge >= 0.3 is 5.97 Å². The summed E-state index contributed by atoms with van der Waals surface area (Å²) >= 11 is 0. The molecule has 2 saturated heterocycles. The van der Waals surface area contributed by atoms with E-state index in [-0.39, 0.29) is 6.61 Å². The first-order valence-corrected chi connectivity index (χ1v) is 10.8. The van der Waals surface area contributed by atoms with E-state index in [1.807, 2.05) is 20.8 Å². The fourth-order valence-electron chi connectivity index (χ4n) is 4.51. The summed E-state index contributed by atoms with van der Waals surface area (Å²) in [5.41, 5.74) is 0.972. The van der Waals surface area contributed by atoms with Crippen molar-refractivity contribution < 1.29 is 54.4 Å². The smallest absolute Gasteiger partial charge is 0.336 e. The zero-order valence-corrected chi connectivity index (χ0v) is 18.5. The molecule has 9 atom stereocenters. The number of hydrogen-bond acceptors (Lipinski definition) is 11. The molecule has 0 aromatic carbocycles. The second-order valence-corrected chi connectivity index (χ2v) is 9.40. The molecule has 3 rings (SSSR count). The third-order valence-corrected chi connectivity index (χ3v) is 6.43. The minimum Gasteiger partial charge on any atom is -0.429 e. The van der Waals surface area contributed by atoms with Crippen LogP contribution >= 0.6 is 0 Å². The van der Waals surface area contributed by atoms with Gasteiger partial charge in [0.2, 0.25) is 6.29 Å². The minimum atomic E-state index is -1.69. The highest BCUT2D eigenvalue weighted by Gasteiger charge is 2.47. The van der Waals surface area contributed by atoms with Crippen molar-refractivity contribution in [3.8, 4) is 0 Å². The van der Waals surface area contributed by atoms with Gasteiger partial charge in [-0.2, -0.15) is 0 Å². The maximum Gasteiger partial charge on any atom is 0.336 e. The quantitative estimate of drug-likeness (QED) is 0.257. The first kappa shape index (κ1) is 25.5. The highest BCUT2D eigenvalue weighted by molar-refractivity contribution is 5.91. The second-order valence-electron chi connectivity index (χ2n) is 9.40. The van der Waals surface area contributed by atoms with Gasteiger partial charge in [-0.05, 0) is 31.6 Å². The number of carbonyl (C=O) groups excluding carboxylic acids is 1. The summed E-state index contributed by atoms with van der Waals surface area (Å²) in [6.07, 6.45) is -10.9. The van der Waals surface area contributed by atoms with Crippen LogP contribution in [0.25, 0.3) is 0 Å². The molecule has 0 aromatic heterocycles. The first-order chi connectivity index (χ1) is 14.9. The van der Waals surface area contributed by atoms with Gasteiger partial charge in [0.15, 0.2) is 6.29 Å². The van der Waals surface area contributed by atoms with Gasteiger partial charge in [-0.25, -0.2) is 4.79 Å². The number of aliphatic hydroxyl groups is 6. The summed E-state index contributed by atoms with van der Waals surface area (Å²) < 4.78 is 21.4. The van der Waals surface area contributed by atoms with Gasteiger partial charge in [-0.1, -0.05) is 19.4 Å². The Morgan fingerprint density at radius 2 is 1.66 bits per heavy atom. The molecule has 2 aliphatic heterocycles. The maximum absolute atomic E-state index is 12.9. The molecule has 1 aliphatic carbocycles. The van der Waals surface area contributed by atoms with E-state index in [1.54, 1.807) is 0 Å². The van der Waals surface area contributed by atoms with Crippen molar-refractivity contribution in [3.63, 3.8) is 0 Å². The molecule has 0 spiro atoms. The van der Waals surface area contributed by atoms with Gasteiger partial charge in [0, 0.05) is 5.57 Å². The largest absolute Gasteiger partial charge is 0.429 e. The molecule has 0 unspecified atom stereocenters. The van der Waals surface area contributed by atoms with Gasteiger partial charge in [-0.15, -0.1) is 0 Å². The van der Waals surface area contributed by atoms with E-state index in [4.69, 9.17) is 18.9 Å². The molecule has 32 heavy (non-hydrogen) atoms. The average molecular weight is 462 g/mol. The standard InChI is InChI=1S/C21H34O11/c1-9-5-4-6-21(2,3)12(9)18(28)32-20-17(27)15(25)14(24)11(31-20)8-30-19-16(26)13(23)10(22)7-29-19/h10-11,13-17,19-20,22-27H,4-8H2,1-3H3/t10-,11+,13-,14+,15-,16-,17+,19-,20-/m0/s1. The first-order valence-electron chi connectivity index (χ1n) is 10.8. The number of aliphatic hydroxyl groups excluding tert-OH is 6. The molecule has 0 saturated carbocycles. The van der Waals surface area contributed by atoms with E-state index in [0.717, 1.165) is 24.8 Å². The molecule has 11 nitrogen and oxygen atoms in total. The number of allylic oxidation sites excluding steroid dienone is 1. The van der Waals surface area contributed by atoms with Crippen molar-refractivity contribution in [2.45, 2.75) is 95.3 Å². The van der Waals surface area contributed by atoms with Gasteiger partial charge < -0.3 is 49.6 Å². The summed E-state index contributed by atoms with van der Waals surface area (Å²) in [5.74, 6) is -0.664. The molecule has 0 radical (unpaired) electrons. The molecule has 6 N–H and O–H groups in total. The number of hydrogen-bond donors (Lipinski definition) is 6. The van der Waals surface area contributed by atoms with Crippen LogP contribution in [-0.2, 0) is 23.7 Å². The Kier molecular flexibility index (Phi) is 7.96. The lowest BCUT2D eigenvalue weighted by molar-refractivity contribution is -0.314. The van der Waals surface area contributed by atoms with Crippen LogP contribution in [0.15, 0.2) is 11.1 Å². The summed E-state index contributed by atoms with van der Waals surface area (Å²) in [7, 11) is 0. The topological polar surface area (TPSA) is 175 Å². The van der Waals surface area contributed by atoms with Crippen LogP contribution in [0.1, 0.15) is 40.0 Å². The Morgan fingerprint density at radius 1 is 1.00 bits per heavy atom. The molecule has 0 amide bonds. The van der Waals surface area contributed by atoms with Crippen molar-refractivity contribution >= 4 is 5.97 Å². The van der Waals surface area contributed by atoms with Crippen LogP contribution in [0, 0.1) is 5.41 Å². The Hall–Kier alpha value is -1.15. The van der Waals surface area contributed by atoms with Crippen LogP contribution in [0.3, 0.4) is 0 Å². The molecule has 3 aliphatic rings. The Morgan fingerprint density at radius 3 is 2.31 bits per heavy atom. The predicted octanol–water partition coefficient (Wildman–Crippen LogP) is -1.68. The average Bonchev–Trinajstić information content (AvgIpc) is 2.72. The zero-order valence-electron chi connectivity index (χ0n) is 18.5. The van der Waals surface area contributed by atoms with Crippen molar-refractivity contribution in [2.24, 2.45) is 5.41 Å². The molecule has 184 valence electrons. The fraction of sp³-hybridized carbons (Fsp3) is 0.857. The highest BCUT2D eigenvalue weighted by atomic mass is 16.7. The van der Waals surface area contributed by atoms with Crippen molar-refractivity contribution in [1.82, 2.24) is 0 Å². The number of rotatable bonds is 5. The Bertz CT molecular complexity index is 708. The lowest BCUT2D eigenvalue weighted by Crippen LogP contribution is -2.60. The van der Waals surface area contributed by atoms with Crippen molar-refractivity contribution in [3.05, 3.63) is 11.1 Å². The van der Waals surface area contributed by atoms with E-state index in [2.05, 4.69) is 0 Å². The second kappa shape index (κ2) is 10.00. The van der Waals surface area contributed by atoms with Crippen LogP contribution in [-0.4, -0.2) is 105 Å².